The molecule has 0 aromatic heterocycles. The SMILES string of the molecule is CC(C)C(C)NCC(O)C(N)=O. The Kier molecular flexibility index (Phi) is 4.85. The fourth-order valence-corrected chi connectivity index (χ4v) is 0.634. The average molecular weight is 174 g/mol. The van der Waals surface area contributed by atoms with E-state index in [0.29, 0.717) is 5.92 Å². The van der Waals surface area contributed by atoms with Crippen LogP contribution in [-0.4, -0.2) is 29.7 Å². The predicted octanol–water partition coefficient (Wildman–Crippen LogP) is -0.533. The lowest BCUT2D eigenvalue weighted by molar-refractivity contribution is -0.125. The molecule has 0 aliphatic heterocycles. The summed E-state index contributed by atoms with van der Waals surface area (Å²) >= 11 is 0. The molecule has 0 spiro atoms. The highest BCUT2D eigenvalue weighted by atomic mass is 16.3. The van der Waals surface area contributed by atoms with Crippen LogP contribution in [-0.2, 0) is 4.79 Å². The van der Waals surface area contributed by atoms with Gasteiger partial charge in [0.2, 0.25) is 5.91 Å². The van der Waals surface area contributed by atoms with Crippen LogP contribution in [0.2, 0.25) is 0 Å². The molecule has 72 valence electrons. The maximum absolute atomic E-state index is 10.4. The van der Waals surface area contributed by atoms with Crippen molar-refractivity contribution >= 4 is 5.91 Å². The van der Waals surface area contributed by atoms with Crippen LogP contribution < -0.4 is 11.1 Å². The Labute approximate surface area is 73.1 Å². The Morgan fingerprint density at radius 2 is 2.00 bits per heavy atom. The van der Waals surface area contributed by atoms with Gasteiger partial charge in [0.25, 0.3) is 0 Å². The van der Waals surface area contributed by atoms with Crippen molar-refractivity contribution in [2.45, 2.75) is 32.9 Å². The fourth-order valence-electron chi connectivity index (χ4n) is 0.634. The number of hydrogen-bond donors (Lipinski definition) is 3. The number of primary amides is 1. The zero-order valence-electron chi connectivity index (χ0n) is 7.87. The number of aliphatic hydroxyl groups excluding tert-OH is 1. The standard InChI is InChI=1S/C8H18N2O2/c1-5(2)6(3)10-4-7(11)8(9)12/h5-7,10-11H,4H2,1-3H3,(H2,9,12). The van der Waals surface area contributed by atoms with Gasteiger partial charge in [-0.05, 0) is 12.8 Å². The predicted molar refractivity (Wildman–Crippen MR) is 47.5 cm³/mol. The minimum atomic E-state index is -1.08. The maximum Gasteiger partial charge on any atom is 0.247 e. The monoisotopic (exact) mass is 174 g/mol. The highest BCUT2D eigenvalue weighted by Crippen LogP contribution is 1.99. The third-order valence-electron chi connectivity index (χ3n) is 1.96. The molecule has 4 heteroatoms. The summed E-state index contributed by atoms with van der Waals surface area (Å²) in [5.74, 6) is -0.205. The number of nitrogens with two attached hydrogens (primary N) is 1. The topological polar surface area (TPSA) is 75.3 Å². The molecule has 4 N–H and O–H groups in total. The Morgan fingerprint density at radius 1 is 1.50 bits per heavy atom. The molecule has 0 aromatic carbocycles. The normalized spacial score (nSPS) is 16.1. The molecule has 0 heterocycles. The van der Waals surface area contributed by atoms with Gasteiger partial charge in [-0.3, -0.25) is 4.79 Å². The molecule has 0 aliphatic carbocycles. The van der Waals surface area contributed by atoms with Gasteiger partial charge in [0, 0.05) is 12.6 Å². The Morgan fingerprint density at radius 3 is 2.33 bits per heavy atom. The molecular formula is C8H18N2O2. The van der Waals surface area contributed by atoms with Gasteiger partial charge in [0.1, 0.15) is 6.10 Å². The van der Waals surface area contributed by atoms with Gasteiger partial charge in [-0.1, -0.05) is 13.8 Å². The number of carbonyl (C=O) groups excluding carboxylic acids is 1. The Balaban J connectivity index is 3.61. The number of carbonyl (C=O) groups is 1. The van der Waals surface area contributed by atoms with Gasteiger partial charge in [-0.25, -0.2) is 0 Å². The van der Waals surface area contributed by atoms with Crippen molar-refractivity contribution < 1.29 is 9.90 Å². The van der Waals surface area contributed by atoms with Crippen molar-refractivity contribution in [3.63, 3.8) is 0 Å². The molecule has 0 saturated heterocycles. The third-order valence-corrected chi connectivity index (χ3v) is 1.96. The molecule has 0 bridgehead atoms. The van der Waals surface area contributed by atoms with Crippen LogP contribution in [0.1, 0.15) is 20.8 Å². The van der Waals surface area contributed by atoms with Crippen LogP contribution in [0.5, 0.6) is 0 Å². The Hall–Kier alpha value is -0.610. The molecular weight excluding hydrogens is 156 g/mol. The minimum absolute atomic E-state index is 0.231. The molecule has 0 rings (SSSR count). The van der Waals surface area contributed by atoms with Crippen LogP contribution >= 0.6 is 0 Å². The lowest BCUT2D eigenvalue weighted by Gasteiger charge is -2.18. The van der Waals surface area contributed by atoms with E-state index in [2.05, 4.69) is 19.2 Å². The van der Waals surface area contributed by atoms with Crippen molar-refractivity contribution in [1.29, 1.82) is 0 Å². The zero-order valence-corrected chi connectivity index (χ0v) is 7.87. The summed E-state index contributed by atoms with van der Waals surface area (Å²) in [6.45, 7) is 6.36. The van der Waals surface area contributed by atoms with E-state index in [1.165, 1.54) is 0 Å². The summed E-state index contributed by atoms with van der Waals surface area (Å²) in [5.41, 5.74) is 4.87. The zero-order chi connectivity index (χ0) is 9.72. The lowest BCUT2D eigenvalue weighted by Crippen LogP contribution is -2.42. The molecule has 2 atom stereocenters. The third kappa shape index (κ3) is 4.31. The van der Waals surface area contributed by atoms with Crippen molar-refractivity contribution in [3.8, 4) is 0 Å². The van der Waals surface area contributed by atoms with E-state index in [0.717, 1.165) is 0 Å². The van der Waals surface area contributed by atoms with Crippen molar-refractivity contribution in [2.24, 2.45) is 11.7 Å². The van der Waals surface area contributed by atoms with Crippen LogP contribution in [0.4, 0.5) is 0 Å². The summed E-state index contributed by atoms with van der Waals surface area (Å²) in [6.07, 6.45) is -1.08. The van der Waals surface area contributed by atoms with Gasteiger partial charge in [-0.15, -0.1) is 0 Å². The molecule has 4 nitrogen and oxygen atoms in total. The largest absolute Gasteiger partial charge is 0.382 e. The van der Waals surface area contributed by atoms with Gasteiger partial charge < -0.3 is 16.2 Å². The van der Waals surface area contributed by atoms with Crippen molar-refractivity contribution in [2.75, 3.05) is 6.54 Å². The van der Waals surface area contributed by atoms with Gasteiger partial charge in [0.05, 0.1) is 0 Å². The van der Waals surface area contributed by atoms with E-state index in [4.69, 9.17) is 10.8 Å². The Bertz CT molecular complexity index is 148. The van der Waals surface area contributed by atoms with Crippen LogP contribution in [0, 0.1) is 5.92 Å². The van der Waals surface area contributed by atoms with Crippen molar-refractivity contribution in [1.82, 2.24) is 5.32 Å². The van der Waals surface area contributed by atoms with Crippen LogP contribution in [0.15, 0.2) is 0 Å². The first kappa shape index (κ1) is 11.4. The van der Waals surface area contributed by atoms with Gasteiger partial charge >= 0.3 is 0 Å². The minimum Gasteiger partial charge on any atom is -0.382 e. The average Bonchev–Trinajstić information content (AvgIpc) is 1.98. The second-order valence-corrected chi connectivity index (χ2v) is 3.36. The summed E-state index contributed by atoms with van der Waals surface area (Å²) in [6, 6.07) is 0.277. The maximum atomic E-state index is 10.4. The number of aliphatic hydroxyl groups is 1. The smallest absolute Gasteiger partial charge is 0.247 e. The quantitative estimate of drug-likeness (QED) is 0.524. The number of amides is 1. The molecule has 12 heavy (non-hydrogen) atoms. The molecule has 2 unspecified atom stereocenters. The highest BCUT2D eigenvalue weighted by Gasteiger charge is 2.13. The van der Waals surface area contributed by atoms with Crippen molar-refractivity contribution in [3.05, 3.63) is 0 Å². The number of rotatable bonds is 5. The van der Waals surface area contributed by atoms with E-state index in [9.17, 15) is 4.79 Å². The summed E-state index contributed by atoms with van der Waals surface area (Å²) in [5, 5.41) is 12.0. The van der Waals surface area contributed by atoms with Gasteiger partial charge in [-0.2, -0.15) is 0 Å². The van der Waals surface area contributed by atoms with Gasteiger partial charge in [0.15, 0.2) is 0 Å². The van der Waals surface area contributed by atoms with E-state index in [-0.39, 0.29) is 12.6 Å². The second kappa shape index (κ2) is 5.11. The summed E-state index contributed by atoms with van der Waals surface area (Å²) < 4.78 is 0. The van der Waals surface area contributed by atoms with E-state index in [1.807, 2.05) is 6.92 Å². The molecule has 0 aliphatic rings. The molecule has 0 aromatic rings. The summed E-state index contributed by atoms with van der Waals surface area (Å²) in [7, 11) is 0. The number of hydrogen-bond acceptors (Lipinski definition) is 3. The molecule has 0 fully saturated rings. The molecule has 0 radical (unpaired) electrons. The van der Waals surface area contributed by atoms with E-state index in [1.54, 1.807) is 0 Å². The van der Waals surface area contributed by atoms with E-state index < -0.39 is 12.0 Å². The highest BCUT2D eigenvalue weighted by molar-refractivity contribution is 5.78. The van der Waals surface area contributed by atoms with Crippen LogP contribution in [0.25, 0.3) is 0 Å². The first-order valence-corrected chi connectivity index (χ1v) is 4.16. The second-order valence-electron chi connectivity index (χ2n) is 3.36. The molecule has 1 amide bonds. The lowest BCUT2D eigenvalue weighted by atomic mass is 10.1. The summed E-state index contributed by atoms with van der Waals surface area (Å²) in [4.78, 5) is 10.4. The molecule has 0 saturated carbocycles. The first-order valence-electron chi connectivity index (χ1n) is 4.16. The fraction of sp³-hybridized carbons (Fsp3) is 0.875. The van der Waals surface area contributed by atoms with E-state index >= 15 is 0 Å². The van der Waals surface area contributed by atoms with Crippen LogP contribution in [0.3, 0.4) is 0 Å². The number of nitrogens with one attached hydrogen (secondary N) is 1. The first-order chi connectivity index (χ1) is 5.45.